The highest BCUT2D eigenvalue weighted by Gasteiger charge is 2.53. The van der Waals surface area contributed by atoms with Gasteiger partial charge in [-0.3, -0.25) is 4.79 Å². The van der Waals surface area contributed by atoms with Gasteiger partial charge in [-0.2, -0.15) is 0 Å². The number of rotatable bonds is 5. The van der Waals surface area contributed by atoms with Crippen LogP contribution in [0, 0.1) is 0 Å². The summed E-state index contributed by atoms with van der Waals surface area (Å²) in [5.74, 6) is -0.179. The van der Waals surface area contributed by atoms with Gasteiger partial charge >= 0.3 is 6.03 Å². The summed E-state index contributed by atoms with van der Waals surface area (Å²) in [5, 5.41) is 5.59. The Kier molecular flexibility index (Phi) is 4.97. The van der Waals surface area contributed by atoms with Gasteiger partial charge in [-0.05, 0) is 35.6 Å². The van der Waals surface area contributed by atoms with Crippen molar-refractivity contribution in [2.45, 2.75) is 37.8 Å². The summed E-state index contributed by atoms with van der Waals surface area (Å²) in [6, 6.07) is 11.5. The van der Waals surface area contributed by atoms with E-state index in [1.165, 1.54) is 14.7 Å². The fourth-order valence-corrected chi connectivity index (χ4v) is 5.41. The van der Waals surface area contributed by atoms with Gasteiger partial charge < -0.3 is 10.2 Å². The summed E-state index contributed by atoms with van der Waals surface area (Å²) >= 11 is 7.88. The average molecular weight is 405 g/mol. The Morgan fingerprint density at radius 3 is 2.89 bits per heavy atom. The van der Waals surface area contributed by atoms with Crippen LogP contribution in [0.25, 0.3) is 0 Å². The number of nitrogens with zero attached hydrogens (tertiary/aromatic N) is 1. The summed E-state index contributed by atoms with van der Waals surface area (Å²) in [6.07, 6.45) is 2.68. The number of hydrogen-bond donors (Lipinski definition) is 2. The van der Waals surface area contributed by atoms with Gasteiger partial charge in [-0.15, -0.1) is 11.3 Å². The maximum absolute atomic E-state index is 13.4. The molecule has 7 heteroatoms. The number of amides is 3. The molecule has 1 unspecified atom stereocenters. The third-order valence-electron chi connectivity index (χ3n) is 5.75. The quantitative estimate of drug-likeness (QED) is 0.753. The van der Waals surface area contributed by atoms with Gasteiger partial charge in [0.1, 0.15) is 11.6 Å². The maximum atomic E-state index is 13.4. The predicted molar refractivity (Wildman–Crippen MR) is 106 cm³/mol. The minimum absolute atomic E-state index is 0.179. The van der Waals surface area contributed by atoms with Crippen LogP contribution < -0.4 is 10.2 Å². The zero-order valence-corrected chi connectivity index (χ0v) is 16.8. The number of carbonyl (C=O) groups is 2. The second kappa shape index (κ2) is 7.26. The Balaban J connectivity index is 1.59. The molecule has 0 aliphatic carbocycles. The molecule has 3 atom stereocenters. The minimum atomic E-state index is -1.03. The van der Waals surface area contributed by atoms with E-state index in [9.17, 15) is 9.59 Å². The number of quaternary nitrogens is 1. The lowest BCUT2D eigenvalue weighted by molar-refractivity contribution is -0.925. The number of imide groups is 1. The van der Waals surface area contributed by atoms with Crippen LogP contribution in [0.1, 0.15) is 42.7 Å². The van der Waals surface area contributed by atoms with Gasteiger partial charge in [0.25, 0.3) is 5.91 Å². The first-order valence-electron chi connectivity index (χ1n) is 9.33. The first-order chi connectivity index (χ1) is 13.0. The molecule has 2 saturated heterocycles. The Hall–Kier alpha value is -1.89. The summed E-state index contributed by atoms with van der Waals surface area (Å²) in [4.78, 5) is 30.1. The van der Waals surface area contributed by atoms with Gasteiger partial charge in [0.2, 0.25) is 0 Å². The van der Waals surface area contributed by atoms with Gasteiger partial charge in [0, 0.05) is 17.9 Å². The van der Waals surface area contributed by atoms with Crippen LogP contribution in [0.3, 0.4) is 0 Å². The highest BCUT2D eigenvalue weighted by molar-refractivity contribution is 7.10. The smallest absolute Gasteiger partial charge is 0.319 e. The molecule has 27 heavy (non-hydrogen) atoms. The normalized spacial score (nSPS) is 28.0. The lowest BCUT2D eigenvalue weighted by Gasteiger charge is -2.27. The molecule has 142 valence electrons. The first kappa shape index (κ1) is 18.5. The van der Waals surface area contributed by atoms with Crippen molar-refractivity contribution in [2.24, 2.45) is 0 Å². The molecule has 2 aromatic rings. The van der Waals surface area contributed by atoms with Gasteiger partial charge in [0.15, 0.2) is 6.67 Å². The van der Waals surface area contributed by atoms with Crippen molar-refractivity contribution >= 4 is 34.9 Å². The van der Waals surface area contributed by atoms with Gasteiger partial charge in [0.05, 0.1) is 11.4 Å². The predicted octanol–water partition coefficient (Wildman–Crippen LogP) is 2.94. The minimum Gasteiger partial charge on any atom is -0.319 e. The van der Waals surface area contributed by atoms with Crippen LogP contribution >= 0.6 is 22.9 Å². The number of thiophene rings is 1. The molecular formula is C20H23ClN3O2S+. The number of benzene rings is 1. The van der Waals surface area contributed by atoms with Crippen molar-refractivity contribution in [3.05, 3.63) is 57.2 Å². The molecule has 3 amide bonds. The molecule has 0 saturated carbocycles. The number of hydrogen-bond acceptors (Lipinski definition) is 3. The summed E-state index contributed by atoms with van der Waals surface area (Å²) < 4.78 is 0. The maximum Gasteiger partial charge on any atom is 0.329 e. The van der Waals surface area contributed by atoms with Crippen LogP contribution in [-0.2, 0) is 10.3 Å². The van der Waals surface area contributed by atoms with E-state index < -0.39 is 5.54 Å². The van der Waals surface area contributed by atoms with E-state index in [4.69, 9.17) is 11.6 Å². The molecule has 1 aromatic carbocycles. The van der Waals surface area contributed by atoms with Crippen LogP contribution in [0.15, 0.2) is 41.8 Å². The molecule has 2 N–H and O–H groups in total. The highest BCUT2D eigenvalue weighted by atomic mass is 35.5. The Bertz CT molecular complexity index is 857. The summed E-state index contributed by atoms with van der Waals surface area (Å²) in [5.41, 5.74) is -0.288. The molecule has 1 aromatic heterocycles. The SMILES string of the molecule is CC[C@]1(c2cccc(Cl)c2)NC(=O)N(C[NH+]2CCC[C@@H]2c2cccs2)C1=O. The molecule has 4 rings (SSSR count). The Morgan fingerprint density at radius 1 is 1.33 bits per heavy atom. The number of nitrogens with one attached hydrogen (secondary N) is 2. The molecule has 5 nitrogen and oxygen atoms in total. The monoisotopic (exact) mass is 404 g/mol. The van der Waals surface area contributed by atoms with Crippen molar-refractivity contribution in [3.63, 3.8) is 0 Å². The van der Waals surface area contributed by atoms with E-state index in [1.807, 2.05) is 19.1 Å². The second-order valence-electron chi connectivity index (χ2n) is 7.21. The lowest BCUT2D eigenvalue weighted by Crippen LogP contribution is -3.12. The van der Waals surface area contributed by atoms with E-state index >= 15 is 0 Å². The van der Waals surface area contributed by atoms with Crippen LogP contribution in [-0.4, -0.2) is 30.1 Å². The fraction of sp³-hybridized carbons (Fsp3) is 0.400. The van der Waals surface area contributed by atoms with E-state index in [0.717, 1.165) is 24.9 Å². The topological polar surface area (TPSA) is 53.9 Å². The molecule has 2 aliphatic rings. The van der Waals surface area contributed by atoms with Crippen molar-refractivity contribution < 1.29 is 14.5 Å². The van der Waals surface area contributed by atoms with Crippen molar-refractivity contribution in [1.82, 2.24) is 10.2 Å². The third-order valence-corrected chi connectivity index (χ3v) is 6.98. The van der Waals surface area contributed by atoms with E-state index in [2.05, 4.69) is 22.8 Å². The molecule has 3 heterocycles. The lowest BCUT2D eigenvalue weighted by atomic mass is 9.87. The van der Waals surface area contributed by atoms with Gasteiger partial charge in [-0.1, -0.05) is 36.7 Å². The molecule has 2 fully saturated rings. The molecule has 0 bridgehead atoms. The Morgan fingerprint density at radius 2 is 2.19 bits per heavy atom. The number of urea groups is 1. The van der Waals surface area contributed by atoms with E-state index in [0.29, 0.717) is 24.2 Å². The number of halogens is 1. The standard InChI is InChI=1S/C20H22ClN3O2S/c1-2-20(14-6-3-7-15(21)12-14)18(25)24(19(26)22-20)13-23-10-4-8-16(23)17-9-5-11-27-17/h3,5-7,9,11-12,16H,2,4,8,10,13H2,1H3,(H,22,26)/p+1/t16-,20-/m1/s1. The van der Waals surface area contributed by atoms with Crippen molar-refractivity contribution in [1.29, 1.82) is 0 Å². The largest absolute Gasteiger partial charge is 0.329 e. The highest BCUT2D eigenvalue weighted by Crippen LogP contribution is 2.33. The average Bonchev–Trinajstić information content (AvgIpc) is 3.38. The molecular weight excluding hydrogens is 382 g/mol. The van der Waals surface area contributed by atoms with Crippen molar-refractivity contribution in [2.75, 3.05) is 13.2 Å². The zero-order chi connectivity index (χ0) is 19.0. The van der Waals surface area contributed by atoms with Crippen LogP contribution in [0.4, 0.5) is 4.79 Å². The van der Waals surface area contributed by atoms with Gasteiger partial charge in [-0.25, -0.2) is 9.69 Å². The zero-order valence-electron chi connectivity index (χ0n) is 15.2. The number of likely N-dealkylation sites (tertiary alicyclic amines) is 1. The summed E-state index contributed by atoms with van der Waals surface area (Å²) in [7, 11) is 0. The first-order valence-corrected chi connectivity index (χ1v) is 10.6. The third kappa shape index (κ3) is 3.16. The van der Waals surface area contributed by atoms with Crippen LogP contribution in [0.2, 0.25) is 5.02 Å². The van der Waals surface area contributed by atoms with E-state index in [-0.39, 0.29) is 11.9 Å². The molecule has 2 aliphatic heterocycles. The van der Waals surface area contributed by atoms with E-state index in [1.54, 1.807) is 23.5 Å². The molecule has 0 spiro atoms. The number of carbonyl (C=O) groups excluding carboxylic acids is 2. The van der Waals surface area contributed by atoms with Crippen LogP contribution in [0.5, 0.6) is 0 Å². The van der Waals surface area contributed by atoms with Crippen molar-refractivity contribution in [3.8, 4) is 0 Å². The fourth-order valence-electron chi connectivity index (χ4n) is 4.30. The second-order valence-corrected chi connectivity index (χ2v) is 8.62. The molecule has 0 radical (unpaired) electrons. The summed E-state index contributed by atoms with van der Waals surface area (Å²) in [6.45, 7) is 3.28. The Labute approximate surface area is 167 Å².